The van der Waals surface area contributed by atoms with Crippen molar-refractivity contribution >= 4 is 21.4 Å². The molecule has 0 aliphatic heterocycles. The van der Waals surface area contributed by atoms with E-state index in [0.29, 0.717) is 11.1 Å². The lowest BCUT2D eigenvalue weighted by Crippen LogP contribution is -2.06. The molecule has 0 bridgehead atoms. The van der Waals surface area contributed by atoms with Gasteiger partial charge in [0.1, 0.15) is 0 Å². The van der Waals surface area contributed by atoms with Gasteiger partial charge in [-0.3, -0.25) is 0 Å². The topological polar surface area (TPSA) is 60.4 Å². The first-order valence-corrected chi connectivity index (χ1v) is 9.00. The van der Waals surface area contributed by atoms with E-state index in [-0.39, 0.29) is 11.5 Å². The zero-order chi connectivity index (χ0) is 17.4. The van der Waals surface area contributed by atoms with E-state index in [4.69, 9.17) is 4.74 Å². The number of carbonyl (C=O) groups excluding carboxylic acids is 1. The molecule has 4 nitrogen and oxygen atoms in total. The summed E-state index contributed by atoms with van der Waals surface area (Å²) in [5.41, 5.74) is 0.967. The van der Waals surface area contributed by atoms with Crippen LogP contribution in [0.3, 0.4) is 0 Å². The first-order chi connectivity index (χ1) is 11.5. The van der Waals surface area contributed by atoms with Crippen molar-refractivity contribution in [1.29, 1.82) is 0 Å². The van der Waals surface area contributed by atoms with E-state index in [1.807, 2.05) is 6.07 Å². The summed E-state index contributed by atoms with van der Waals surface area (Å²) in [4.78, 5) is 12.3. The van der Waals surface area contributed by atoms with Crippen LogP contribution >= 0.6 is 0 Å². The Hall–Kier alpha value is -2.66. The van der Waals surface area contributed by atoms with Crippen molar-refractivity contribution in [1.82, 2.24) is 0 Å². The van der Waals surface area contributed by atoms with Gasteiger partial charge in [-0.25, -0.2) is 13.2 Å². The van der Waals surface area contributed by atoms with Crippen molar-refractivity contribution in [3.8, 4) is 0 Å². The third-order valence-corrected chi connectivity index (χ3v) is 4.62. The highest BCUT2D eigenvalue weighted by Crippen LogP contribution is 2.17. The summed E-state index contributed by atoms with van der Waals surface area (Å²) in [6.07, 6.45) is 2.80. The Bertz CT molecular complexity index is 835. The number of esters is 1. The number of ether oxygens (including phenoxy) is 1. The summed E-state index contributed by atoms with van der Waals surface area (Å²) < 4.78 is 29.5. The molecule has 2 rings (SSSR count). The molecule has 124 valence electrons. The molecule has 0 radical (unpaired) electrons. The Morgan fingerprint density at radius 1 is 1.00 bits per heavy atom. The lowest BCUT2D eigenvalue weighted by molar-refractivity contribution is -0.136. The first-order valence-electron chi connectivity index (χ1n) is 7.45. The van der Waals surface area contributed by atoms with Crippen molar-refractivity contribution in [3.63, 3.8) is 0 Å². The lowest BCUT2D eigenvalue weighted by Gasteiger charge is -2.06. The summed E-state index contributed by atoms with van der Waals surface area (Å²) >= 11 is 0. The number of rotatable bonds is 6. The maximum absolute atomic E-state index is 12.2. The Labute approximate surface area is 142 Å². The molecule has 2 aromatic rings. The van der Waals surface area contributed by atoms with E-state index in [1.54, 1.807) is 49.4 Å². The minimum absolute atomic E-state index is 0.201. The fraction of sp³-hybridized carbons (Fsp3) is 0.105. The normalized spacial score (nSPS) is 12.3. The van der Waals surface area contributed by atoms with Gasteiger partial charge in [0.25, 0.3) is 0 Å². The van der Waals surface area contributed by atoms with Gasteiger partial charge in [-0.1, -0.05) is 48.5 Å². The molecular weight excluding hydrogens is 324 g/mol. The fourth-order valence-electron chi connectivity index (χ4n) is 2.04. The molecule has 0 saturated carbocycles. The number of carbonyl (C=O) groups is 1. The van der Waals surface area contributed by atoms with Crippen LogP contribution in [-0.4, -0.2) is 21.0 Å². The molecule has 0 heterocycles. The van der Waals surface area contributed by atoms with E-state index < -0.39 is 15.8 Å². The zero-order valence-corrected chi connectivity index (χ0v) is 14.1. The minimum atomic E-state index is -3.55. The largest absolute Gasteiger partial charge is 0.462 e. The van der Waals surface area contributed by atoms with Crippen LogP contribution in [-0.2, 0) is 19.4 Å². The maximum Gasteiger partial charge on any atom is 0.338 e. The molecule has 0 aromatic heterocycles. The van der Waals surface area contributed by atoms with Crippen molar-refractivity contribution in [2.24, 2.45) is 0 Å². The van der Waals surface area contributed by atoms with Crippen molar-refractivity contribution in [2.45, 2.75) is 11.8 Å². The Balaban J connectivity index is 2.32. The first kappa shape index (κ1) is 17.7. The third kappa shape index (κ3) is 4.67. The molecule has 2 aromatic carbocycles. The molecule has 0 atom stereocenters. The van der Waals surface area contributed by atoms with Crippen LogP contribution in [0.2, 0.25) is 0 Å². The predicted octanol–water partition coefficient (Wildman–Crippen LogP) is 3.62. The number of hydrogen-bond acceptors (Lipinski definition) is 4. The third-order valence-electron chi connectivity index (χ3n) is 3.17. The van der Waals surface area contributed by atoms with Gasteiger partial charge < -0.3 is 4.74 Å². The number of benzene rings is 2. The predicted molar refractivity (Wildman–Crippen MR) is 93.8 cm³/mol. The van der Waals surface area contributed by atoms with Crippen LogP contribution in [0.5, 0.6) is 0 Å². The van der Waals surface area contributed by atoms with Crippen LogP contribution in [0.15, 0.2) is 83.1 Å². The molecule has 0 spiro atoms. The summed E-state index contributed by atoms with van der Waals surface area (Å²) in [5.74, 6) is -0.495. The minimum Gasteiger partial charge on any atom is -0.462 e. The Morgan fingerprint density at radius 3 is 2.17 bits per heavy atom. The van der Waals surface area contributed by atoms with Gasteiger partial charge >= 0.3 is 5.97 Å². The molecule has 0 aliphatic rings. The summed E-state index contributed by atoms with van der Waals surface area (Å²) in [6.45, 7) is 1.96. The smallest absolute Gasteiger partial charge is 0.338 e. The lowest BCUT2D eigenvalue weighted by atomic mass is 10.1. The monoisotopic (exact) mass is 342 g/mol. The maximum atomic E-state index is 12.2. The number of sulfone groups is 1. The standard InChI is InChI=1S/C19H18O4S/c1-2-23-19(20)18(16-10-5-3-6-11-16)14-9-15-24(21,22)17-12-7-4-8-13-17/h3-15H,2H2,1H3/b15-9+,18-14-. The van der Waals surface area contributed by atoms with Crippen LogP contribution in [0, 0.1) is 0 Å². The van der Waals surface area contributed by atoms with Gasteiger partial charge in [0.05, 0.1) is 17.1 Å². The summed E-state index contributed by atoms with van der Waals surface area (Å²) in [5, 5.41) is 1.07. The van der Waals surface area contributed by atoms with Crippen molar-refractivity contribution in [3.05, 3.63) is 83.8 Å². The molecule has 0 saturated heterocycles. The average Bonchev–Trinajstić information content (AvgIpc) is 2.60. The van der Waals surface area contributed by atoms with Gasteiger partial charge in [-0.05, 0) is 36.8 Å². The zero-order valence-electron chi connectivity index (χ0n) is 13.3. The SMILES string of the molecule is CCOC(=O)/C(=C\C=C\S(=O)(=O)c1ccccc1)c1ccccc1. The quantitative estimate of drug-likeness (QED) is 0.457. The van der Waals surface area contributed by atoms with Gasteiger partial charge in [-0.2, -0.15) is 0 Å². The van der Waals surface area contributed by atoms with E-state index in [2.05, 4.69) is 0 Å². The molecule has 0 N–H and O–H groups in total. The molecule has 0 aliphatic carbocycles. The van der Waals surface area contributed by atoms with Crippen molar-refractivity contribution < 1.29 is 17.9 Å². The Kier molecular flexibility index (Phi) is 6.09. The van der Waals surface area contributed by atoms with E-state index in [1.165, 1.54) is 24.3 Å². The second kappa shape index (κ2) is 8.26. The van der Waals surface area contributed by atoms with Gasteiger partial charge in [-0.15, -0.1) is 0 Å². The van der Waals surface area contributed by atoms with Gasteiger partial charge in [0.2, 0.25) is 0 Å². The number of hydrogen-bond donors (Lipinski definition) is 0. The van der Waals surface area contributed by atoms with Crippen molar-refractivity contribution in [2.75, 3.05) is 6.61 Å². The van der Waals surface area contributed by atoms with Gasteiger partial charge in [0, 0.05) is 5.41 Å². The van der Waals surface area contributed by atoms with E-state index >= 15 is 0 Å². The van der Waals surface area contributed by atoms with Gasteiger partial charge in [0.15, 0.2) is 9.84 Å². The van der Waals surface area contributed by atoms with Crippen LogP contribution in [0.25, 0.3) is 5.57 Å². The molecule has 5 heteroatoms. The molecule has 24 heavy (non-hydrogen) atoms. The number of allylic oxidation sites excluding steroid dienone is 2. The second-order valence-electron chi connectivity index (χ2n) is 4.85. The highest BCUT2D eigenvalue weighted by atomic mass is 32.2. The second-order valence-corrected chi connectivity index (χ2v) is 6.69. The molecule has 0 fully saturated rings. The molecule has 0 unspecified atom stereocenters. The van der Waals surface area contributed by atoms with E-state index in [9.17, 15) is 13.2 Å². The highest BCUT2D eigenvalue weighted by Gasteiger charge is 2.12. The van der Waals surface area contributed by atoms with Crippen LogP contribution in [0.4, 0.5) is 0 Å². The van der Waals surface area contributed by atoms with Crippen LogP contribution in [0.1, 0.15) is 12.5 Å². The highest BCUT2D eigenvalue weighted by molar-refractivity contribution is 7.94. The molecule has 0 amide bonds. The summed E-state index contributed by atoms with van der Waals surface area (Å²) in [7, 11) is -3.55. The molecular formula is C19H18O4S. The fourth-order valence-corrected chi connectivity index (χ4v) is 3.02. The average molecular weight is 342 g/mol. The van der Waals surface area contributed by atoms with E-state index in [0.717, 1.165) is 5.41 Å². The Morgan fingerprint density at radius 2 is 1.58 bits per heavy atom. The summed E-state index contributed by atoms with van der Waals surface area (Å²) in [6, 6.07) is 17.1. The van der Waals surface area contributed by atoms with Crippen LogP contribution < -0.4 is 0 Å².